The van der Waals surface area contributed by atoms with Crippen LogP contribution < -0.4 is 4.74 Å². The minimum atomic E-state index is -0.638. The summed E-state index contributed by atoms with van der Waals surface area (Å²) in [5.41, 5.74) is -1.23. The summed E-state index contributed by atoms with van der Waals surface area (Å²) in [7, 11) is 0. The summed E-state index contributed by atoms with van der Waals surface area (Å²) in [6.45, 7) is 7.99. The summed E-state index contributed by atoms with van der Waals surface area (Å²) in [6.07, 6.45) is -0.915. The molecule has 2 fully saturated rings. The van der Waals surface area contributed by atoms with Gasteiger partial charge in [0.25, 0.3) is 0 Å². The van der Waals surface area contributed by atoms with E-state index in [0.717, 1.165) is 0 Å². The van der Waals surface area contributed by atoms with Gasteiger partial charge in [-0.15, -0.1) is 0 Å². The fraction of sp³-hybridized carbons (Fsp3) is 0.556. The first-order chi connectivity index (χ1) is 11.6. The van der Waals surface area contributed by atoms with E-state index in [1.165, 1.54) is 12.1 Å². The number of likely N-dealkylation sites (tertiary alicyclic amines) is 1. The molecule has 0 unspecified atom stereocenters. The Kier molecular flexibility index (Phi) is 4.12. The van der Waals surface area contributed by atoms with Gasteiger partial charge in [0.15, 0.2) is 5.60 Å². The molecule has 0 bridgehead atoms. The van der Waals surface area contributed by atoms with Gasteiger partial charge in [-0.3, -0.25) is 0 Å². The number of ether oxygens (including phenoxy) is 3. The summed E-state index contributed by atoms with van der Waals surface area (Å²) in [5, 5.41) is 8.80. The molecular weight excluding hydrogens is 327 g/mol. The van der Waals surface area contributed by atoms with Crippen molar-refractivity contribution in [2.75, 3.05) is 13.1 Å². The van der Waals surface area contributed by atoms with Crippen LogP contribution in [0.1, 0.15) is 33.3 Å². The predicted octanol–water partition coefficient (Wildman–Crippen LogP) is 2.85. The van der Waals surface area contributed by atoms with Crippen LogP contribution in [0.5, 0.6) is 5.75 Å². The van der Waals surface area contributed by atoms with E-state index in [9.17, 15) is 9.18 Å². The number of carbonyl (C=O) groups excluding carboxylic acids is 1. The normalized spacial score (nSPS) is 27.9. The maximum absolute atomic E-state index is 13.8. The molecule has 25 heavy (non-hydrogen) atoms. The molecule has 1 aromatic rings. The smallest absolute Gasteiger partial charge is 0.410 e. The molecule has 1 aromatic carbocycles. The second-order valence-electron chi connectivity index (χ2n) is 7.44. The zero-order chi connectivity index (χ0) is 18.4. The Balaban J connectivity index is 1.74. The average Bonchev–Trinajstić information content (AvgIpc) is 2.99. The van der Waals surface area contributed by atoms with Crippen LogP contribution in [0.4, 0.5) is 9.18 Å². The second-order valence-corrected chi connectivity index (χ2v) is 7.44. The first kappa shape index (κ1) is 17.5. The molecule has 6 nitrogen and oxygen atoms in total. The van der Waals surface area contributed by atoms with Crippen molar-refractivity contribution in [2.45, 2.75) is 51.1 Å². The quantitative estimate of drug-likeness (QED) is 0.768. The van der Waals surface area contributed by atoms with E-state index in [-0.39, 0.29) is 11.7 Å². The van der Waals surface area contributed by atoms with Gasteiger partial charge in [0.05, 0.1) is 24.8 Å². The average molecular weight is 348 g/mol. The largest absolute Gasteiger partial charge is 0.485 e. The van der Waals surface area contributed by atoms with Gasteiger partial charge in [-0.2, -0.15) is 5.26 Å². The Labute approximate surface area is 146 Å². The minimum Gasteiger partial charge on any atom is -0.485 e. The van der Waals surface area contributed by atoms with Gasteiger partial charge in [-0.25, -0.2) is 9.18 Å². The summed E-state index contributed by atoms with van der Waals surface area (Å²) in [6, 6.07) is 5.86. The van der Waals surface area contributed by atoms with Crippen LogP contribution in [0, 0.1) is 17.1 Å². The first-order valence-corrected chi connectivity index (χ1v) is 8.17. The Bertz CT molecular complexity index is 740. The van der Waals surface area contributed by atoms with Crippen LogP contribution in [0.3, 0.4) is 0 Å². The fourth-order valence-electron chi connectivity index (χ4n) is 3.04. The SMILES string of the molecule is C[C@@H]1O[C@]12CN(C(=O)OC(C)(C)C)C[C@@H]2Oc1ccc(C#N)c(F)c1. The second kappa shape index (κ2) is 5.88. The minimum absolute atomic E-state index is 0.0418. The van der Waals surface area contributed by atoms with E-state index in [1.54, 1.807) is 37.8 Å². The van der Waals surface area contributed by atoms with Crippen molar-refractivity contribution in [3.63, 3.8) is 0 Å². The molecule has 3 rings (SSSR count). The molecular formula is C18H21FN2O4. The molecule has 0 aromatic heterocycles. The van der Waals surface area contributed by atoms with Crippen molar-refractivity contribution >= 4 is 6.09 Å². The predicted molar refractivity (Wildman–Crippen MR) is 86.6 cm³/mol. The van der Waals surface area contributed by atoms with E-state index < -0.39 is 29.2 Å². The number of carbonyl (C=O) groups is 1. The van der Waals surface area contributed by atoms with Crippen LogP contribution in [0.25, 0.3) is 0 Å². The molecule has 134 valence electrons. The van der Waals surface area contributed by atoms with Crippen molar-refractivity contribution in [1.82, 2.24) is 4.90 Å². The van der Waals surface area contributed by atoms with Gasteiger partial charge in [0, 0.05) is 6.07 Å². The fourth-order valence-corrected chi connectivity index (χ4v) is 3.04. The van der Waals surface area contributed by atoms with Gasteiger partial charge in [0.1, 0.15) is 29.3 Å². The lowest BCUT2D eigenvalue weighted by Gasteiger charge is -2.24. The van der Waals surface area contributed by atoms with Gasteiger partial charge in [-0.05, 0) is 39.8 Å². The molecule has 1 spiro atoms. The third kappa shape index (κ3) is 3.40. The number of amides is 1. The lowest BCUT2D eigenvalue weighted by molar-refractivity contribution is 0.0273. The molecule has 0 saturated carbocycles. The van der Waals surface area contributed by atoms with Crippen molar-refractivity contribution < 1.29 is 23.4 Å². The maximum Gasteiger partial charge on any atom is 0.410 e. The van der Waals surface area contributed by atoms with Gasteiger partial charge < -0.3 is 19.1 Å². The Morgan fingerprint density at radius 3 is 2.68 bits per heavy atom. The molecule has 7 heteroatoms. The Morgan fingerprint density at radius 1 is 1.48 bits per heavy atom. The van der Waals surface area contributed by atoms with Crippen LogP contribution in [0.15, 0.2) is 18.2 Å². The molecule has 2 aliphatic heterocycles. The molecule has 2 aliphatic rings. The molecule has 2 saturated heterocycles. The molecule has 0 aliphatic carbocycles. The highest BCUT2D eigenvalue weighted by molar-refractivity contribution is 5.69. The number of nitrogens with zero attached hydrogens (tertiary/aromatic N) is 2. The number of epoxide rings is 1. The van der Waals surface area contributed by atoms with Gasteiger partial charge in [0.2, 0.25) is 0 Å². The van der Waals surface area contributed by atoms with Crippen molar-refractivity contribution in [3.05, 3.63) is 29.6 Å². The van der Waals surface area contributed by atoms with E-state index in [1.807, 2.05) is 6.92 Å². The monoisotopic (exact) mass is 348 g/mol. The highest BCUT2D eigenvalue weighted by Gasteiger charge is 2.66. The molecule has 2 heterocycles. The molecule has 1 amide bonds. The van der Waals surface area contributed by atoms with Crippen LogP contribution in [0.2, 0.25) is 0 Å². The van der Waals surface area contributed by atoms with Crippen molar-refractivity contribution in [3.8, 4) is 11.8 Å². The summed E-state index contributed by atoms with van der Waals surface area (Å²) < 4.78 is 30.8. The van der Waals surface area contributed by atoms with E-state index in [2.05, 4.69) is 0 Å². The van der Waals surface area contributed by atoms with Crippen molar-refractivity contribution in [2.24, 2.45) is 0 Å². The zero-order valence-electron chi connectivity index (χ0n) is 14.7. The number of rotatable bonds is 2. The summed E-state index contributed by atoms with van der Waals surface area (Å²) in [5.74, 6) is -0.338. The lowest BCUT2D eigenvalue weighted by Crippen LogP contribution is -2.36. The van der Waals surface area contributed by atoms with Crippen LogP contribution >= 0.6 is 0 Å². The van der Waals surface area contributed by atoms with Crippen molar-refractivity contribution in [1.29, 1.82) is 5.26 Å². The van der Waals surface area contributed by atoms with Crippen LogP contribution in [-0.4, -0.2) is 47.5 Å². The van der Waals surface area contributed by atoms with E-state index in [0.29, 0.717) is 18.8 Å². The first-order valence-electron chi connectivity index (χ1n) is 8.17. The lowest BCUT2D eigenvalue weighted by atomic mass is 10.0. The third-order valence-corrected chi connectivity index (χ3v) is 4.39. The molecule has 0 N–H and O–H groups in total. The Hall–Kier alpha value is -2.33. The summed E-state index contributed by atoms with van der Waals surface area (Å²) >= 11 is 0. The third-order valence-electron chi connectivity index (χ3n) is 4.39. The topological polar surface area (TPSA) is 75.1 Å². The highest BCUT2D eigenvalue weighted by atomic mass is 19.1. The number of nitriles is 1. The highest BCUT2D eigenvalue weighted by Crippen LogP contribution is 2.46. The van der Waals surface area contributed by atoms with E-state index >= 15 is 0 Å². The van der Waals surface area contributed by atoms with Gasteiger partial charge in [-0.1, -0.05) is 0 Å². The van der Waals surface area contributed by atoms with E-state index in [4.69, 9.17) is 19.5 Å². The maximum atomic E-state index is 13.8. The standard InChI is InChI=1S/C18H21FN2O4/c1-11-18(24-11)10-21(16(22)25-17(2,3)4)9-15(18)23-13-6-5-12(8-20)14(19)7-13/h5-7,11,15H,9-10H2,1-4H3/t11-,15-,18+/m0/s1. The number of hydrogen-bond donors (Lipinski definition) is 0. The molecule has 0 radical (unpaired) electrons. The summed E-state index contributed by atoms with van der Waals surface area (Å²) in [4.78, 5) is 13.9. The number of halogens is 1. The number of hydrogen-bond acceptors (Lipinski definition) is 5. The van der Waals surface area contributed by atoms with Gasteiger partial charge >= 0.3 is 6.09 Å². The molecule has 3 atom stereocenters. The number of benzene rings is 1. The zero-order valence-corrected chi connectivity index (χ0v) is 14.7. The Morgan fingerprint density at radius 2 is 2.16 bits per heavy atom. The van der Waals surface area contributed by atoms with Crippen LogP contribution in [-0.2, 0) is 9.47 Å².